The van der Waals surface area contributed by atoms with E-state index in [0.29, 0.717) is 4.05 Å². The molecule has 1 aliphatic heterocycles. The molecule has 1 unspecified atom stereocenters. The number of allylic oxidation sites excluding steroid dienone is 3. The molecule has 1 aromatic carbocycles. The number of fused-ring (bicyclic) bond motifs is 1. The summed E-state index contributed by atoms with van der Waals surface area (Å²) in [6, 6.07) is 10.5. The summed E-state index contributed by atoms with van der Waals surface area (Å²) in [4.78, 5) is 2.35. The third-order valence-corrected chi connectivity index (χ3v) is 3.72. The zero-order chi connectivity index (χ0) is 17.6. The van der Waals surface area contributed by atoms with Gasteiger partial charge in [0.05, 0.1) is 4.05 Å². The Balaban J connectivity index is -0.000000214. The number of anilines is 1. The minimum atomic E-state index is -0.250. The summed E-state index contributed by atoms with van der Waals surface area (Å²) in [5.41, 5.74) is 11.7. The Hall–Kier alpha value is 0.610. The molecule has 1 aromatic rings. The number of para-hydroxylation sites is 1. The standard InChI is InChI=1S/C14H11IN.C4H10N.2CH3.2ClH.H2Si.Zr/c1-10-7-11-9-14(15)16(13(11)8-10)12-5-3-2-4-6-12;1-4(2,3)5;;;;;;/h2-6,8-9,14H,1H3;5H,1-3H3;2*1H3;2*1H;1H2;/q4*-1;;;;. The topological polar surface area (TPSA) is 27.0 Å². The van der Waals surface area contributed by atoms with Gasteiger partial charge in [-0.05, 0) is 12.1 Å². The molecule has 0 aromatic heterocycles. The van der Waals surface area contributed by atoms with Gasteiger partial charge in [-0.2, -0.15) is 0 Å². The summed E-state index contributed by atoms with van der Waals surface area (Å²) in [5, 5.41) is 0. The Morgan fingerprint density at radius 2 is 1.56 bits per heavy atom. The molecule has 1 heterocycles. The monoisotopic (exact) mass is 614 g/mol. The number of rotatable bonds is 1. The van der Waals surface area contributed by atoms with Crippen molar-refractivity contribution < 1.29 is 23.3 Å². The molecule has 2 aliphatic rings. The molecule has 1 N–H and O–H groups in total. The molecule has 154 valence electrons. The SMILES string of the molecule is CC(C)(C)[NH-].CC1=[C-]C2=CC(I)N(c3ccccc3)C2=C1.Cl.Cl.[CH3-].[CH3-].[SiH2]=[Zr]. The van der Waals surface area contributed by atoms with Crippen molar-refractivity contribution in [1.82, 2.24) is 0 Å². The van der Waals surface area contributed by atoms with Crippen LogP contribution in [0.15, 0.2) is 59.3 Å². The Bertz CT molecular complexity index is 623. The molecule has 1 atom stereocenters. The van der Waals surface area contributed by atoms with E-state index in [1.54, 1.807) is 23.3 Å². The molecule has 3 rings (SSSR count). The molecule has 0 radical (unpaired) electrons. The molecule has 0 saturated carbocycles. The van der Waals surface area contributed by atoms with Gasteiger partial charge < -0.3 is 25.5 Å². The second-order valence-electron chi connectivity index (χ2n) is 6.25. The zero-order valence-corrected chi connectivity index (χ0v) is 24.6. The van der Waals surface area contributed by atoms with Crippen LogP contribution in [-0.2, 0) is 23.3 Å². The van der Waals surface area contributed by atoms with Gasteiger partial charge in [0.15, 0.2) is 0 Å². The third kappa shape index (κ3) is 12.0. The normalized spacial score (nSPS) is 15.8. The van der Waals surface area contributed by atoms with Gasteiger partial charge in [0.25, 0.3) is 0 Å². The van der Waals surface area contributed by atoms with Crippen LogP contribution < -0.4 is 4.90 Å². The maximum atomic E-state index is 6.94. The van der Waals surface area contributed by atoms with E-state index in [0.717, 1.165) is 0 Å². The van der Waals surface area contributed by atoms with Gasteiger partial charge in [0, 0.05) is 5.69 Å². The van der Waals surface area contributed by atoms with Crippen LogP contribution in [0.2, 0.25) is 0 Å². The number of nitrogens with zero attached hydrogens (tertiary/aromatic N) is 1. The van der Waals surface area contributed by atoms with E-state index in [1.807, 2.05) is 27.7 Å². The Morgan fingerprint density at radius 1 is 1.11 bits per heavy atom. The van der Waals surface area contributed by atoms with E-state index in [-0.39, 0.29) is 45.2 Å². The van der Waals surface area contributed by atoms with Crippen LogP contribution in [0.4, 0.5) is 5.69 Å². The average molecular weight is 617 g/mol. The van der Waals surface area contributed by atoms with Crippen LogP contribution in [0.3, 0.4) is 0 Å². The van der Waals surface area contributed by atoms with Crippen molar-refractivity contribution in [1.29, 1.82) is 0 Å². The molecule has 0 fully saturated rings. The van der Waals surface area contributed by atoms with Crippen LogP contribution in [-0.4, -0.2) is 16.5 Å². The fourth-order valence-corrected chi connectivity index (χ4v) is 3.12. The molecular weight excluding hydrogens is 585 g/mol. The van der Waals surface area contributed by atoms with Crippen molar-refractivity contribution in [2.75, 3.05) is 4.90 Å². The summed E-state index contributed by atoms with van der Waals surface area (Å²) in [5.74, 6) is 0. The number of halogens is 3. The van der Waals surface area contributed by atoms with Crippen molar-refractivity contribution in [3.8, 4) is 0 Å². The first-order valence-corrected chi connectivity index (χ1v) is 14.6. The van der Waals surface area contributed by atoms with Crippen LogP contribution in [0.5, 0.6) is 0 Å². The second kappa shape index (κ2) is 16.4. The molecule has 1 aliphatic carbocycles. The molecule has 2 nitrogen and oxygen atoms in total. The van der Waals surface area contributed by atoms with Gasteiger partial charge in [-0.15, -0.1) is 59.7 Å². The van der Waals surface area contributed by atoms with E-state index in [4.69, 9.17) is 5.73 Å². The molecular formula is C20H31Cl2IN2SiZr-4. The number of hydrogen-bond donors (Lipinski definition) is 0. The van der Waals surface area contributed by atoms with Crippen LogP contribution in [0.25, 0.3) is 5.73 Å². The van der Waals surface area contributed by atoms with Crippen LogP contribution >= 0.6 is 47.4 Å². The second-order valence-corrected chi connectivity index (χ2v) is 7.52. The Kier molecular flexibility index (Phi) is 21.3. The van der Waals surface area contributed by atoms with Crippen molar-refractivity contribution in [2.24, 2.45) is 0 Å². The summed E-state index contributed by atoms with van der Waals surface area (Å²) in [6.07, 6.45) is 7.85. The predicted octanol–water partition coefficient (Wildman–Crippen LogP) is 6.50. The Morgan fingerprint density at radius 3 is 2.00 bits per heavy atom. The first kappa shape index (κ1) is 35.1. The number of hydrogen-bond acceptors (Lipinski definition) is 1. The quantitative estimate of drug-likeness (QED) is 0.116. The van der Waals surface area contributed by atoms with Gasteiger partial charge in [-0.3, -0.25) is 0 Å². The van der Waals surface area contributed by atoms with E-state index in [1.165, 1.54) is 22.5 Å². The maximum absolute atomic E-state index is 6.94. The van der Waals surface area contributed by atoms with Crippen LogP contribution in [0, 0.1) is 20.9 Å². The van der Waals surface area contributed by atoms with E-state index < -0.39 is 0 Å². The number of benzene rings is 1. The van der Waals surface area contributed by atoms with Gasteiger partial charge in [0.1, 0.15) is 0 Å². The van der Waals surface area contributed by atoms with Crippen molar-refractivity contribution in [3.63, 3.8) is 0 Å². The predicted molar refractivity (Wildman–Crippen MR) is 135 cm³/mol. The fourth-order valence-electron chi connectivity index (χ4n) is 2.14. The molecule has 27 heavy (non-hydrogen) atoms. The third-order valence-electron chi connectivity index (χ3n) is 2.81. The van der Waals surface area contributed by atoms with Crippen molar-refractivity contribution in [3.05, 3.63) is 86.0 Å². The van der Waals surface area contributed by atoms with Gasteiger partial charge in [-0.25, -0.2) is 0 Å². The first-order valence-electron chi connectivity index (χ1n) is 7.39. The first-order chi connectivity index (χ1) is 10.8. The van der Waals surface area contributed by atoms with Crippen molar-refractivity contribution >= 4 is 60.0 Å². The molecule has 7 heteroatoms. The summed E-state index contributed by atoms with van der Waals surface area (Å²) < 4.78 is 0.391. The molecule has 0 amide bonds. The summed E-state index contributed by atoms with van der Waals surface area (Å²) in [7, 11) is 0. The van der Waals surface area contributed by atoms with Gasteiger partial charge >= 0.3 is 30.2 Å². The van der Waals surface area contributed by atoms with E-state index >= 15 is 0 Å². The average Bonchev–Trinajstić information content (AvgIpc) is 2.94. The summed E-state index contributed by atoms with van der Waals surface area (Å²) in [6.45, 7) is 9.61. The van der Waals surface area contributed by atoms with Gasteiger partial charge in [-0.1, -0.05) is 74.2 Å². The Labute approximate surface area is 209 Å². The number of alkyl halides is 1. The molecule has 0 bridgehead atoms. The molecule has 0 spiro atoms. The summed E-state index contributed by atoms with van der Waals surface area (Å²) >= 11 is 4.03. The van der Waals surface area contributed by atoms with E-state index in [2.05, 4.69) is 83.0 Å². The van der Waals surface area contributed by atoms with Gasteiger partial charge in [0.2, 0.25) is 0 Å². The van der Waals surface area contributed by atoms with E-state index in [9.17, 15) is 0 Å². The zero-order valence-electron chi connectivity index (χ0n) is 17.0. The molecule has 0 saturated heterocycles. The minimum absolute atomic E-state index is 0. The number of nitrogens with one attached hydrogen (secondary N) is 1. The fraction of sp³-hybridized carbons (Fsp3) is 0.300. The van der Waals surface area contributed by atoms with Crippen LogP contribution in [0.1, 0.15) is 27.7 Å². The van der Waals surface area contributed by atoms with Crippen molar-refractivity contribution in [2.45, 2.75) is 37.3 Å².